The fourth-order valence-electron chi connectivity index (χ4n) is 3.44. The maximum absolute atomic E-state index is 5.99. The van der Waals surface area contributed by atoms with Crippen molar-refractivity contribution < 1.29 is 9.47 Å². The largest absolute Gasteiger partial charge is 0.496 e. The molecule has 0 amide bonds. The van der Waals surface area contributed by atoms with Crippen LogP contribution in [0.3, 0.4) is 0 Å². The van der Waals surface area contributed by atoms with Gasteiger partial charge in [0.05, 0.1) is 12.8 Å². The fourth-order valence-corrected chi connectivity index (χ4v) is 3.44. The number of nitrogens with one attached hydrogen (secondary N) is 2. The number of aromatic nitrogens is 2. The van der Waals surface area contributed by atoms with Crippen LogP contribution in [0.2, 0.25) is 0 Å². The molecule has 24 heavy (non-hydrogen) atoms. The van der Waals surface area contributed by atoms with Crippen molar-refractivity contribution in [3.8, 4) is 5.75 Å². The Morgan fingerprint density at radius 2 is 2.29 bits per heavy atom. The van der Waals surface area contributed by atoms with Crippen LogP contribution in [0.25, 0.3) is 0 Å². The van der Waals surface area contributed by atoms with E-state index >= 15 is 0 Å². The highest BCUT2D eigenvalue weighted by Gasteiger charge is 2.28. The van der Waals surface area contributed by atoms with Crippen LogP contribution in [0.5, 0.6) is 5.75 Å². The van der Waals surface area contributed by atoms with Gasteiger partial charge in [-0.25, -0.2) is 0 Å². The first-order valence-electron chi connectivity index (χ1n) is 8.68. The molecule has 1 unspecified atom stereocenters. The molecule has 1 aliphatic rings. The molecule has 0 aliphatic carbocycles. The third-order valence-corrected chi connectivity index (χ3v) is 4.88. The van der Waals surface area contributed by atoms with Crippen molar-refractivity contribution in [3.63, 3.8) is 0 Å². The average Bonchev–Trinajstić information content (AvgIpc) is 3.14. The number of aromatic amines is 1. The van der Waals surface area contributed by atoms with E-state index in [4.69, 9.17) is 9.47 Å². The molecule has 3 rings (SSSR count). The van der Waals surface area contributed by atoms with E-state index in [0.717, 1.165) is 31.0 Å². The smallest absolute Gasteiger partial charge is 0.121 e. The Morgan fingerprint density at radius 1 is 1.42 bits per heavy atom. The van der Waals surface area contributed by atoms with Gasteiger partial charge in [-0.3, -0.25) is 5.10 Å². The van der Waals surface area contributed by atoms with E-state index in [-0.39, 0.29) is 6.10 Å². The third-order valence-electron chi connectivity index (χ3n) is 4.88. The zero-order valence-electron chi connectivity index (χ0n) is 14.7. The molecule has 3 atom stereocenters. The van der Waals surface area contributed by atoms with Crippen LogP contribution >= 0.6 is 0 Å². The van der Waals surface area contributed by atoms with E-state index in [1.165, 1.54) is 17.5 Å². The second-order valence-electron chi connectivity index (χ2n) is 6.56. The summed E-state index contributed by atoms with van der Waals surface area (Å²) in [5.41, 5.74) is 3.53. The molecule has 0 saturated carbocycles. The molecule has 130 valence electrons. The van der Waals surface area contributed by atoms with Crippen LogP contribution in [0.1, 0.15) is 48.7 Å². The summed E-state index contributed by atoms with van der Waals surface area (Å²) in [5, 5.41) is 10.8. The lowest BCUT2D eigenvalue weighted by Gasteiger charge is -2.32. The molecule has 5 heteroatoms. The number of rotatable bonds is 6. The Labute approximate surface area is 143 Å². The fraction of sp³-hybridized carbons (Fsp3) is 0.526. The molecule has 0 spiro atoms. The lowest BCUT2D eigenvalue weighted by molar-refractivity contribution is -0.0308. The number of nitrogens with zero attached hydrogens (tertiary/aromatic N) is 1. The Kier molecular flexibility index (Phi) is 5.53. The molecule has 1 fully saturated rings. The molecule has 0 bridgehead atoms. The number of H-pyrrole nitrogens is 1. The summed E-state index contributed by atoms with van der Waals surface area (Å²) in [6.07, 6.45) is 4.19. The summed E-state index contributed by atoms with van der Waals surface area (Å²) in [6, 6.07) is 8.67. The van der Waals surface area contributed by atoms with Crippen molar-refractivity contribution in [3.05, 3.63) is 47.3 Å². The van der Waals surface area contributed by atoms with Gasteiger partial charge < -0.3 is 14.8 Å². The first kappa shape index (κ1) is 17.0. The highest BCUT2D eigenvalue weighted by atomic mass is 16.5. The predicted octanol–water partition coefficient (Wildman–Crippen LogP) is 3.55. The summed E-state index contributed by atoms with van der Waals surface area (Å²) < 4.78 is 11.3. The van der Waals surface area contributed by atoms with Crippen molar-refractivity contribution in [2.24, 2.45) is 5.92 Å². The summed E-state index contributed by atoms with van der Waals surface area (Å²) >= 11 is 0. The van der Waals surface area contributed by atoms with Crippen molar-refractivity contribution in [2.75, 3.05) is 20.3 Å². The second kappa shape index (κ2) is 7.81. The van der Waals surface area contributed by atoms with Crippen LogP contribution in [-0.2, 0) is 4.74 Å². The normalized spacial score (nSPS) is 22.3. The summed E-state index contributed by atoms with van der Waals surface area (Å²) in [6.45, 7) is 6.04. The van der Waals surface area contributed by atoms with E-state index < -0.39 is 0 Å². The molecular formula is C19H27N3O2. The molecule has 5 nitrogen and oxygen atoms in total. The number of aryl methyl sites for hydroxylation is 1. The number of hydrogen-bond acceptors (Lipinski definition) is 4. The molecular weight excluding hydrogens is 302 g/mol. The quantitative estimate of drug-likeness (QED) is 0.851. The first-order valence-corrected chi connectivity index (χ1v) is 8.68. The molecule has 0 radical (unpaired) electrons. The Hall–Kier alpha value is -1.85. The zero-order valence-corrected chi connectivity index (χ0v) is 14.7. The predicted molar refractivity (Wildman–Crippen MR) is 94.2 cm³/mol. The van der Waals surface area contributed by atoms with Gasteiger partial charge in [0, 0.05) is 31.3 Å². The van der Waals surface area contributed by atoms with Crippen LogP contribution in [0.4, 0.5) is 0 Å². The van der Waals surface area contributed by atoms with Gasteiger partial charge in [0.15, 0.2) is 0 Å². The highest BCUT2D eigenvalue weighted by Crippen LogP contribution is 2.32. The van der Waals surface area contributed by atoms with Gasteiger partial charge in [0.1, 0.15) is 11.9 Å². The van der Waals surface area contributed by atoms with Gasteiger partial charge in [-0.05, 0) is 49.9 Å². The minimum atomic E-state index is 0.110. The van der Waals surface area contributed by atoms with Crippen molar-refractivity contribution in [1.82, 2.24) is 15.5 Å². The minimum Gasteiger partial charge on any atom is -0.496 e. The van der Waals surface area contributed by atoms with Crippen LogP contribution in [0.15, 0.2) is 30.5 Å². The number of ether oxygens (including phenoxy) is 2. The standard InChI is InChI=1S/C19H27N3O2/c1-13-11-15(6-7-18(13)23-3)14(2)20-12-16-5-4-10-24-19(16)17-8-9-21-22-17/h6-9,11,14,16,19-20H,4-5,10,12H2,1-3H3,(H,21,22)/t14?,16-,19+/m0/s1. The van der Waals surface area contributed by atoms with E-state index in [2.05, 4.69) is 41.5 Å². The van der Waals surface area contributed by atoms with Crippen LogP contribution < -0.4 is 10.1 Å². The lowest BCUT2D eigenvalue weighted by atomic mass is 9.91. The average molecular weight is 329 g/mol. The number of hydrogen-bond donors (Lipinski definition) is 2. The Morgan fingerprint density at radius 3 is 3.00 bits per heavy atom. The van der Waals surface area contributed by atoms with Crippen LogP contribution in [0, 0.1) is 12.8 Å². The first-order chi connectivity index (χ1) is 11.7. The summed E-state index contributed by atoms with van der Waals surface area (Å²) in [5.74, 6) is 1.40. The topological polar surface area (TPSA) is 59.2 Å². The van der Waals surface area contributed by atoms with Gasteiger partial charge in [0.25, 0.3) is 0 Å². The van der Waals surface area contributed by atoms with Crippen molar-refractivity contribution in [1.29, 1.82) is 0 Å². The summed E-state index contributed by atoms with van der Waals surface area (Å²) in [4.78, 5) is 0. The number of methoxy groups -OCH3 is 1. The van der Waals surface area contributed by atoms with Gasteiger partial charge in [-0.1, -0.05) is 12.1 Å². The van der Waals surface area contributed by atoms with E-state index in [9.17, 15) is 0 Å². The second-order valence-corrected chi connectivity index (χ2v) is 6.56. The number of benzene rings is 1. The Bertz CT molecular complexity index is 642. The minimum absolute atomic E-state index is 0.110. The van der Waals surface area contributed by atoms with E-state index in [0.29, 0.717) is 12.0 Å². The highest BCUT2D eigenvalue weighted by molar-refractivity contribution is 5.37. The Balaban J connectivity index is 1.62. The molecule has 2 aromatic rings. The van der Waals surface area contributed by atoms with E-state index in [1.54, 1.807) is 13.3 Å². The third kappa shape index (κ3) is 3.79. The van der Waals surface area contributed by atoms with Crippen LogP contribution in [-0.4, -0.2) is 30.5 Å². The monoisotopic (exact) mass is 329 g/mol. The van der Waals surface area contributed by atoms with Gasteiger partial charge in [-0.15, -0.1) is 0 Å². The molecule has 1 saturated heterocycles. The molecule has 1 aromatic heterocycles. The van der Waals surface area contributed by atoms with Crippen molar-refractivity contribution >= 4 is 0 Å². The molecule has 2 N–H and O–H groups in total. The van der Waals surface area contributed by atoms with Gasteiger partial charge >= 0.3 is 0 Å². The van der Waals surface area contributed by atoms with Gasteiger partial charge in [-0.2, -0.15) is 5.10 Å². The SMILES string of the molecule is COc1ccc(C(C)NC[C@@H]2CCCO[C@H]2c2ccn[nH]2)cc1C. The molecule has 1 aromatic carbocycles. The zero-order chi connectivity index (χ0) is 16.9. The van der Waals surface area contributed by atoms with Crippen molar-refractivity contribution in [2.45, 2.75) is 38.8 Å². The lowest BCUT2D eigenvalue weighted by Crippen LogP contribution is -2.33. The maximum atomic E-state index is 5.99. The molecule has 2 heterocycles. The maximum Gasteiger partial charge on any atom is 0.121 e. The summed E-state index contributed by atoms with van der Waals surface area (Å²) in [7, 11) is 1.71. The van der Waals surface area contributed by atoms with Gasteiger partial charge in [0.2, 0.25) is 0 Å². The van der Waals surface area contributed by atoms with E-state index in [1.807, 2.05) is 12.1 Å². The molecule has 1 aliphatic heterocycles.